The molecule has 1 aromatic carbocycles. The van der Waals surface area contributed by atoms with Gasteiger partial charge in [0.05, 0.1) is 0 Å². The number of hydrogen-bond acceptors (Lipinski definition) is 3. The van der Waals surface area contributed by atoms with E-state index >= 15 is 0 Å². The molecule has 0 saturated carbocycles. The second kappa shape index (κ2) is 3.48. The lowest BCUT2D eigenvalue weighted by Gasteiger charge is -2.23. The first-order valence-electron chi connectivity index (χ1n) is 5.90. The fourth-order valence-corrected chi connectivity index (χ4v) is 2.32. The van der Waals surface area contributed by atoms with Crippen LogP contribution in [0.1, 0.15) is 19.4 Å². The molecule has 3 heteroatoms. The van der Waals surface area contributed by atoms with Crippen molar-refractivity contribution in [3.8, 4) is 5.75 Å². The van der Waals surface area contributed by atoms with Gasteiger partial charge in [-0.2, -0.15) is 0 Å². The number of hydrogen-bond donors (Lipinski definition) is 0. The summed E-state index contributed by atoms with van der Waals surface area (Å²) in [6, 6.07) is 6.88. The highest BCUT2D eigenvalue weighted by atomic mass is 16.5. The van der Waals surface area contributed by atoms with Gasteiger partial charge in [-0.25, -0.2) is 4.79 Å². The van der Waals surface area contributed by atoms with Gasteiger partial charge in [0.1, 0.15) is 16.9 Å². The highest BCUT2D eigenvalue weighted by Gasteiger charge is 2.36. The van der Waals surface area contributed by atoms with Crippen molar-refractivity contribution >= 4 is 11.0 Å². The Morgan fingerprint density at radius 3 is 2.83 bits per heavy atom. The van der Waals surface area contributed by atoms with Gasteiger partial charge in [0.15, 0.2) is 0 Å². The van der Waals surface area contributed by atoms with Crippen LogP contribution in [0, 0.1) is 0 Å². The summed E-state index contributed by atoms with van der Waals surface area (Å²) in [6.07, 6.45) is 0.753. The van der Waals surface area contributed by atoms with Gasteiger partial charge in [0, 0.05) is 23.4 Å². The van der Waals surface area contributed by atoms with E-state index in [1.807, 2.05) is 19.9 Å². The van der Waals surface area contributed by atoms with Crippen LogP contribution in [-0.2, 0) is 6.42 Å². The van der Waals surface area contributed by atoms with E-state index in [1.165, 1.54) is 6.07 Å². The molecule has 0 N–H and O–H groups in total. The monoisotopic (exact) mass is 242 g/mol. The SMILES string of the molecule is C=C(C)C1(C)Cc2c(ccc3oc(=O)ccc23)O1. The third-order valence-corrected chi connectivity index (χ3v) is 3.62. The van der Waals surface area contributed by atoms with E-state index in [-0.39, 0.29) is 11.2 Å². The van der Waals surface area contributed by atoms with Crippen molar-refractivity contribution in [2.45, 2.75) is 25.9 Å². The van der Waals surface area contributed by atoms with Crippen LogP contribution in [0.15, 0.2) is 45.6 Å². The Balaban J connectivity index is 2.23. The molecule has 1 unspecified atom stereocenters. The summed E-state index contributed by atoms with van der Waals surface area (Å²) in [5.74, 6) is 0.849. The van der Waals surface area contributed by atoms with E-state index < -0.39 is 0 Å². The molecule has 92 valence electrons. The van der Waals surface area contributed by atoms with Crippen molar-refractivity contribution in [2.24, 2.45) is 0 Å². The summed E-state index contributed by atoms with van der Waals surface area (Å²) < 4.78 is 11.2. The van der Waals surface area contributed by atoms with E-state index in [4.69, 9.17) is 9.15 Å². The molecule has 3 rings (SSSR count). The van der Waals surface area contributed by atoms with Gasteiger partial charge < -0.3 is 9.15 Å². The van der Waals surface area contributed by atoms with Gasteiger partial charge in [-0.3, -0.25) is 0 Å². The Kier molecular flexibility index (Phi) is 2.14. The van der Waals surface area contributed by atoms with Gasteiger partial charge in [-0.15, -0.1) is 0 Å². The first-order valence-corrected chi connectivity index (χ1v) is 5.90. The lowest BCUT2D eigenvalue weighted by Crippen LogP contribution is -2.30. The molecule has 0 spiro atoms. The number of rotatable bonds is 1. The van der Waals surface area contributed by atoms with E-state index in [1.54, 1.807) is 12.1 Å². The molecule has 1 atom stereocenters. The zero-order valence-electron chi connectivity index (χ0n) is 10.4. The average Bonchev–Trinajstić information content (AvgIpc) is 2.67. The second-order valence-corrected chi connectivity index (χ2v) is 5.00. The Hall–Kier alpha value is -2.03. The van der Waals surface area contributed by atoms with Gasteiger partial charge in [-0.1, -0.05) is 6.58 Å². The van der Waals surface area contributed by atoms with Crippen molar-refractivity contribution in [1.29, 1.82) is 0 Å². The van der Waals surface area contributed by atoms with Crippen LogP contribution >= 0.6 is 0 Å². The highest BCUT2D eigenvalue weighted by molar-refractivity contribution is 5.83. The van der Waals surface area contributed by atoms with Gasteiger partial charge >= 0.3 is 5.63 Å². The Bertz CT molecular complexity index is 711. The lowest BCUT2D eigenvalue weighted by molar-refractivity contribution is 0.157. The summed E-state index contributed by atoms with van der Waals surface area (Å²) in [4.78, 5) is 11.2. The van der Waals surface area contributed by atoms with E-state index in [0.29, 0.717) is 5.58 Å². The summed E-state index contributed by atoms with van der Waals surface area (Å²) in [6.45, 7) is 7.98. The molecule has 18 heavy (non-hydrogen) atoms. The van der Waals surface area contributed by atoms with Crippen LogP contribution in [0.25, 0.3) is 11.0 Å². The summed E-state index contributed by atoms with van der Waals surface area (Å²) in [5.41, 5.74) is 1.98. The fraction of sp³-hybridized carbons (Fsp3) is 0.267. The van der Waals surface area contributed by atoms with E-state index in [2.05, 4.69) is 6.58 Å². The highest BCUT2D eigenvalue weighted by Crippen LogP contribution is 2.41. The van der Waals surface area contributed by atoms with Crippen LogP contribution in [0.4, 0.5) is 0 Å². The minimum absolute atomic E-state index is 0.330. The van der Waals surface area contributed by atoms with Crippen LogP contribution in [0.3, 0.4) is 0 Å². The first-order chi connectivity index (χ1) is 8.49. The molecule has 1 aromatic heterocycles. The first kappa shape index (κ1) is 11.1. The van der Waals surface area contributed by atoms with Gasteiger partial charge in [-0.05, 0) is 37.6 Å². The van der Waals surface area contributed by atoms with Crippen molar-refractivity contribution < 1.29 is 9.15 Å². The summed E-state index contributed by atoms with van der Waals surface area (Å²) in [7, 11) is 0. The molecule has 0 saturated heterocycles. The molecule has 0 fully saturated rings. The summed E-state index contributed by atoms with van der Waals surface area (Å²) >= 11 is 0. The lowest BCUT2D eigenvalue weighted by atomic mass is 9.91. The zero-order chi connectivity index (χ0) is 12.9. The topological polar surface area (TPSA) is 39.4 Å². The average molecular weight is 242 g/mol. The standard InChI is InChI=1S/C15H14O3/c1-9(2)15(3)8-11-10-4-7-14(16)17-12(10)5-6-13(11)18-15/h4-7H,1,8H2,2-3H3. The minimum Gasteiger partial charge on any atom is -0.483 e. The van der Waals surface area contributed by atoms with Crippen LogP contribution < -0.4 is 10.4 Å². The van der Waals surface area contributed by atoms with Crippen molar-refractivity contribution in [1.82, 2.24) is 0 Å². The molecule has 3 nitrogen and oxygen atoms in total. The smallest absolute Gasteiger partial charge is 0.336 e. The number of ether oxygens (including phenoxy) is 1. The van der Waals surface area contributed by atoms with Gasteiger partial charge in [0.2, 0.25) is 0 Å². The fourth-order valence-electron chi connectivity index (χ4n) is 2.32. The molecule has 1 aliphatic rings. The molecule has 0 bridgehead atoms. The van der Waals surface area contributed by atoms with Crippen LogP contribution in [-0.4, -0.2) is 5.60 Å². The van der Waals surface area contributed by atoms with Gasteiger partial charge in [0.25, 0.3) is 0 Å². The van der Waals surface area contributed by atoms with E-state index in [9.17, 15) is 4.79 Å². The molecule has 1 aliphatic heterocycles. The Labute approximate surface area is 105 Å². The molecule has 2 heterocycles. The molecular formula is C15H14O3. The predicted octanol–water partition coefficient (Wildman–Crippen LogP) is 3.06. The quantitative estimate of drug-likeness (QED) is 0.570. The number of benzene rings is 1. The normalized spacial score (nSPS) is 21.7. The van der Waals surface area contributed by atoms with Crippen molar-refractivity contribution in [3.05, 3.63) is 52.4 Å². The largest absolute Gasteiger partial charge is 0.483 e. The number of fused-ring (bicyclic) bond motifs is 3. The Morgan fingerprint density at radius 1 is 1.33 bits per heavy atom. The summed E-state index contributed by atoms with van der Waals surface area (Å²) in [5, 5.41) is 0.942. The van der Waals surface area contributed by atoms with Crippen LogP contribution in [0.5, 0.6) is 5.75 Å². The van der Waals surface area contributed by atoms with Crippen molar-refractivity contribution in [2.75, 3.05) is 0 Å². The van der Waals surface area contributed by atoms with Crippen LogP contribution in [0.2, 0.25) is 0 Å². The van der Waals surface area contributed by atoms with E-state index in [0.717, 1.165) is 28.7 Å². The minimum atomic E-state index is -0.368. The molecular weight excluding hydrogens is 228 g/mol. The Morgan fingerprint density at radius 2 is 2.11 bits per heavy atom. The third-order valence-electron chi connectivity index (χ3n) is 3.62. The second-order valence-electron chi connectivity index (χ2n) is 5.00. The predicted molar refractivity (Wildman–Crippen MR) is 70.0 cm³/mol. The molecule has 0 radical (unpaired) electrons. The third kappa shape index (κ3) is 1.47. The zero-order valence-corrected chi connectivity index (χ0v) is 10.4. The molecule has 0 aliphatic carbocycles. The molecule has 0 amide bonds. The molecule has 2 aromatic rings. The maximum Gasteiger partial charge on any atom is 0.336 e. The maximum atomic E-state index is 11.2. The van der Waals surface area contributed by atoms with Crippen molar-refractivity contribution in [3.63, 3.8) is 0 Å². The maximum absolute atomic E-state index is 11.2.